The summed E-state index contributed by atoms with van der Waals surface area (Å²) in [6.07, 6.45) is 1.17. The molecule has 2 nitrogen and oxygen atoms in total. The summed E-state index contributed by atoms with van der Waals surface area (Å²) in [5.74, 6) is 2.15. The SMILES string of the molecule is CCC(C)C(COc1ccccc1C(C)C)NC. The minimum atomic E-state index is 0.412. The summed E-state index contributed by atoms with van der Waals surface area (Å²) in [6, 6.07) is 8.75. The van der Waals surface area contributed by atoms with Gasteiger partial charge < -0.3 is 10.1 Å². The van der Waals surface area contributed by atoms with Crippen LogP contribution in [0.3, 0.4) is 0 Å². The smallest absolute Gasteiger partial charge is 0.122 e. The Balaban J connectivity index is 2.67. The molecule has 102 valence electrons. The predicted octanol–water partition coefficient (Wildman–Crippen LogP) is 3.82. The number of para-hydroxylation sites is 1. The highest BCUT2D eigenvalue weighted by atomic mass is 16.5. The molecule has 2 atom stereocenters. The highest BCUT2D eigenvalue weighted by molar-refractivity contribution is 5.35. The van der Waals surface area contributed by atoms with Crippen molar-refractivity contribution in [3.05, 3.63) is 29.8 Å². The lowest BCUT2D eigenvalue weighted by Gasteiger charge is -2.23. The van der Waals surface area contributed by atoms with Gasteiger partial charge in [-0.3, -0.25) is 0 Å². The van der Waals surface area contributed by atoms with E-state index < -0.39 is 0 Å². The normalized spacial score (nSPS) is 14.6. The fraction of sp³-hybridized carbons (Fsp3) is 0.625. The van der Waals surface area contributed by atoms with E-state index in [2.05, 4.69) is 51.2 Å². The molecular formula is C16H27NO. The van der Waals surface area contributed by atoms with Gasteiger partial charge in [0.25, 0.3) is 0 Å². The summed E-state index contributed by atoms with van der Waals surface area (Å²) in [5.41, 5.74) is 1.29. The maximum absolute atomic E-state index is 6.01. The second kappa shape index (κ2) is 7.42. The van der Waals surface area contributed by atoms with Gasteiger partial charge in [0.2, 0.25) is 0 Å². The molecule has 2 unspecified atom stereocenters. The number of likely N-dealkylation sites (N-methyl/N-ethyl adjacent to an activating group) is 1. The van der Waals surface area contributed by atoms with E-state index in [0.29, 0.717) is 17.9 Å². The molecule has 2 heteroatoms. The lowest BCUT2D eigenvalue weighted by atomic mass is 10.00. The van der Waals surface area contributed by atoms with Gasteiger partial charge in [-0.1, -0.05) is 52.3 Å². The van der Waals surface area contributed by atoms with Crippen LogP contribution >= 0.6 is 0 Å². The van der Waals surface area contributed by atoms with Gasteiger partial charge in [-0.05, 0) is 30.5 Å². The van der Waals surface area contributed by atoms with Crippen LogP contribution in [0.5, 0.6) is 5.75 Å². The molecule has 0 saturated heterocycles. The highest BCUT2D eigenvalue weighted by Crippen LogP contribution is 2.26. The number of nitrogens with one attached hydrogen (secondary N) is 1. The lowest BCUT2D eigenvalue weighted by Crippen LogP contribution is -2.37. The van der Waals surface area contributed by atoms with Crippen LogP contribution in [-0.4, -0.2) is 19.7 Å². The Labute approximate surface area is 112 Å². The minimum Gasteiger partial charge on any atom is -0.492 e. The van der Waals surface area contributed by atoms with Gasteiger partial charge >= 0.3 is 0 Å². The van der Waals surface area contributed by atoms with Gasteiger partial charge in [0.1, 0.15) is 12.4 Å². The second-order valence-electron chi connectivity index (χ2n) is 5.28. The average molecular weight is 249 g/mol. The second-order valence-corrected chi connectivity index (χ2v) is 5.28. The fourth-order valence-electron chi connectivity index (χ4n) is 2.09. The number of hydrogen-bond donors (Lipinski definition) is 1. The van der Waals surface area contributed by atoms with E-state index in [1.165, 1.54) is 12.0 Å². The summed E-state index contributed by atoms with van der Waals surface area (Å²) in [7, 11) is 2.01. The first-order valence-corrected chi connectivity index (χ1v) is 6.99. The number of rotatable bonds is 7. The van der Waals surface area contributed by atoms with Gasteiger partial charge in [-0.15, -0.1) is 0 Å². The fourth-order valence-corrected chi connectivity index (χ4v) is 2.09. The Morgan fingerprint density at radius 3 is 2.39 bits per heavy atom. The Kier molecular flexibility index (Phi) is 6.20. The van der Waals surface area contributed by atoms with Crippen molar-refractivity contribution < 1.29 is 4.74 Å². The molecule has 0 amide bonds. The van der Waals surface area contributed by atoms with Crippen LogP contribution in [0, 0.1) is 5.92 Å². The van der Waals surface area contributed by atoms with Gasteiger partial charge in [0.15, 0.2) is 0 Å². The zero-order valence-electron chi connectivity index (χ0n) is 12.4. The first kappa shape index (κ1) is 15.0. The zero-order valence-corrected chi connectivity index (χ0v) is 12.4. The van der Waals surface area contributed by atoms with Crippen molar-refractivity contribution in [3.63, 3.8) is 0 Å². The van der Waals surface area contributed by atoms with Crippen molar-refractivity contribution >= 4 is 0 Å². The maximum Gasteiger partial charge on any atom is 0.122 e. The third-order valence-electron chi connectivity index (χ3n) is 3.66. The third kappa shape index (κ3) is 4.02. The standard InChI is InChI=1S/C16H27NO/c1-6-13(4)15(17-5)11-18-16-10-8-7-9-14(16)12(2)3/h7-10,12-13,15,17H,6,11H2,1-5H3. The van der Waals surface area contributed by atoms with Crippen molar-refractivity contribution in [1.29, 1.82) is 0 Å². The Hall–Kier alpha value is -1.02. The third-order valence-corrected chi connectivity index (χ3v) is 3.66. The van der Waals surface area contributed by atoms with E-state index in [9.17, 15) is 0 Å². The van der Waals surface area contributed by atoms with E-state index in [-0.39, 0.29) is 0 Å². The van der Waals surface area contributed by atoms with Crippen molar-refractivity contribution in [2.45, 2.75) is 46.1 Å². The Bertz CT molecular complexity index is 349. The summed E-state index contributed by atoms with van der Waals surface area (Å²) >= 11 is 0. The van der Waals surface area contributed by atoms with Crippen LogP contribution in [0.1, 0.15) is 45.6 Å². The van der Waals surface area contributed by atoms with Crippen molar-refractivity contribution in [2.75, 3.05) is 13.7 Å². The molecule has 0 aromatic heterocycles. The van der Waals surface area contributed by atoms with Crippen molar-refractivity contribution in [3.8, 4) is 5.75 Å². The maximum atomic E-state index is 6.01. The van der Waals surface area contributed by atoms with E-state index in [1.54, 1.807) is 0 Å². The molecule has 0 aliphatic carbocycles. The molecule has 0 radical (unpaired) electrons. The lowest BCUT2D eigenvalue weighted by molar-refractivity contribution is 0.226. The first-order valence-electron chi connectivity index (χ1n) is 6.99. The molecule has 0 fully saturated rings. The molecule has 0 spiro atoms. The van der Waals surface area contributed by atoms with Crippen molar-refractivity contribution in [2.24, 2.45) is 5.92 Å². The predicted molar refractivity (Wildman–Crippen MR) is 78.3 cm³/mol. The molecule has 0 bridgehead atoms. The molecule has 0 heterocycles. The van der Waals surface area contributed by atoms with E-state index in [0.717, 1.165) is 12.4 Å². The molecule has 1 aromatic rings. The molecule has 0 aliphatic rings. The molecule has 1 rings (SSSR count). The highest BCUT2D eigenvalue weighted by Gasteiger charge is 2.15. The Morgan fingerprint density at radius 1 is 1.17 bits per heavy atom. The van der Waals surface area contributed by atoms with Crippen LogP contribution in [0.2, 0.25) is 0 Å². The summed E-state index contributed by atoms with van der Waals surface area (Å²) in [4.78, 5) is 0. The van der Waals surface area contributed by atoms with E-state index >= 15 is 0 Å². The first-order chi connectivity index (χ1) is 8.60. The van der Waals surface area contributed by atoms with Gasteiger partial charge in [-0.25, -0.2) is 0 Å². The monoisotopic (exact) mass is 249 g/mol. The molecule has 0 saturated carbocycles. The average Bonchev–Trinajstić information content (AvgIpc) is 2.39. The zero-order chi connectivity index (χ0) is 13.5. The molecule has 1 aromatic carbocycles. The Morgan fingerprint density at radius 2 is 1.83 bits per heavy atom. The van der Waals surface area contributed by atoms with Gasteiger partial charge in [0, 0.05) is 6.04 Å². The molecule has 1 N–H and O–H groups in total. The summed E-state index contributed by atoms with van der Waals surface area (Å²) < 4.78 is 6.01. The van der Waals surface area contributed by atoms with Crippen LogP contribution in [-0.2, 0) is 0 Å². The van der Waals surface area contributed by atoms with Crippen LogP contribution in [0.15, 0.2) is 24.3 Å². The summed E-state index contributed by atoms with van der Waals surface area (Å²) in [6.45, 7) is 9.62. The minimum absolute atomic E-state index is 0.412. The summed E-state index contributed by atoms with van der Waals surface area (Å²) in [5, 5.41) is 3.35. The quantitative estimate of drug-likeness (QED) is 0.793. The molecular weight excluding hydrogens is 222 g/mol. The van der Waals surface area contributed by atoms with Gasteiger partial charge in [0.05, 0.1) is 0 Å². The topological polar surface area (TPSA) is 21.3 Å². The molecule has 18 heavy (non-hydrogen) atoms. The number of benzene rings is 1. The van der Waals surface area contributed by atoms with Crippen LogP contribution in [0.4, 0.5) is 0 Å². The van der Waals surface area contributed by atoms with E-state index in [1.807, 2.05) is 13.1 Å². The number of ether oxygens (including phenoxy) is 1. The van der Waals surface area contributed by atoms with E-state index in [4.69, 9.17) is 4.74 Å². The molecule has 0 aliphatic heterocycles. The largest absolute Gasteiger partial charge is 0.492 e. The van der Waals surface area contributed by atoms with Crippen molar-refractivity contribution in [1.82, 2.24) is 5.32 Å². The van der Waals surface area contributed by atoms with Gasteiger partial charge in [-0.2, -0.15) is 0 Å². The van der Waals surface area contributed by atoms with Crippen LogP contribution in [0.25, 0.3) is 0 Å². The number of hydrogen-bond acceptors (Lipinski definition) is 2. The van der Waals surface area contributed by atoms with Crippen LogP contribution < -0.4 is 10.1 Å².